The fraction of sp³-hybridized carbons (Fsp3) is 0.571. The highest BCUT2D eigenvalue weighted by Gasteiger charge is 2.23. The molecule has 1 aromatic rings. The molecular formula is C14H19Cl2NO. The molecule has 1 aliphatic heterocycles. The highest BCUT2D eigenvalue weighted by atomic mass is 35.5. The van der Waals surface area contributed by atoms with Crippen LogP contribution in [-0.2, 0) is 11.2 Å². The van der Waals surface area contributed by atoms with Crippen molar-refractivity contribution in [3.05, 3.63) is 33.8 Å². The van der Waals surface area contributed by atoms with Crippen molar-refractivity contribution in [2.75, 3.05) is 13.7 Å². The van der Waals surface area contributed by atoms with Crippen LogP contribution in [0.15, 0.2) is 18.2 Å². The van der Waals surface area contributed by atoms with Crippen molar-refractivity contribution >= 4 is 23.2 Å². The van der Waals surface area contributed by atoms with Gasteiger partial charge in [0.05, 0.1) is 16.1 Å². The standard InChI is InChI=1S/C14H19Cl2NO/c1-17-13(14-4-2-3-7-18-14)9-10-5-6-11(15)12(16)8-10/h5-6,8,13-14,17H,2-4,7,9H2,1H3. The lowest BCUT2D eigenvalue weighted by molar-refractivity contribution is -0.00587. The van der Waals surface area contributed by atoms with Crippen LogP contribution >= 0.6 is 23.2 Å². The van der Waals surface area contributed by atoms with E-state index >= 15 is 0 Å². The van der Waals surface area contributed by atoms with Gasteiger partial charge in [0.2, 0.25) is 0 Å². The van der Waals surface area contributed by atoms with Crippen LogP contribution in [0.5, 0.6) is 0 Å². The summed E-state index contributed by atoms with van der Waals surface area (Å²) in [6, 6.07) is 6.16. The van der Waals surface area contributed by atoms with Gasteiger partial charge in [-0.15, -0.1) is 0 Å². The lowest BCUT2D eigenvalue weighted by atomic mass is 9.96. The fourth-order valence-electron chi connectivity index (χ4n) is 2.42. The van der Waals surface area contributed by atoms with Gasteiger partial charge >= 0.3 is 0 Å². The zero-order chi connectivity index (χ0) is 13.0. The van der Waals surface area contributed by atoms with Crippen LogP contribution < -0.4 is 5.32 Å². The van der Waals surface area contributed by atoms with E-state index in [2.05, 4.69) is 5.32 Å². The number of likely N-dealkylation sites (N-methyl/N-ethyl adjacent to an activating group) is 1. The van der Waals surface area contributed by atoms with Crippen LogP contribution in [0.2, 0.25) is 10.0 Å². The molecule has 4 heteroatoms. The summed E-state index contributed by atoms with van der Waals surface area (Å²) in [6.45, 7) is 0.879. The predicted molar refractivity (Wildman–Crippen MR) is 76.6 cm³/mol. The Morgan fingerprint density at radius 2 is 2.17 bits per heavy atom. The number of nitrogens with one attached hydrogen (secondary N) is 1. The quantitative estimate of drug-likeness (QED) is 0.912. The second-order valence-corrected chi connectivity index (χ2v) is 5.57. The lowest BCUT2D eigenvalue weighted by Crippen LogP contribution is -2.42. The van der Waals surface area contributed by atoms with E-state index in [4.69, 9.17) is 27.9 Å². The molecule has 0 bridgehead atoms. The third-order valence-electron chi connectivity index (χ3n) is 3.47. The van der Waals surface area contributed by atoms with Crippen LogP contribution in [0.25, 0.3) is 0 Å². The third kappa shape index (κ3) is 3.61. The van der Waals surface area contributed by atoms with Crippen LogP contribution in [0.1, 0.15) is 24.8 Å². The largest absolute Gasteiger partial charge is 0.377 e. The summed E-state index contributed by atoms with van der Waals surface area (Å²) in [7, 11) is 1.99. The molecule has 0 aliphatic carbocycles. The SMILES string of the molecule is CNC(Cc1ccc(Cl)c(Cl)c1)C1CCCCO1. The number of benzene rings is 1. The maximum atomic E-state index is 6.04. The van der Waals surface area contributed by atoms with Gasteiger partial charge in [-0.3, -0.25) is 0 Å². The molecule has 1 heterocycles. The van der Waals surface area contributed by atoms with Gasteiger partial charge in [-0.2, -0.15) is 0 Å². The Balaban J connectivity index is 2.02. The predicted octanol–water partition coefficient (Wildman–Crippen LogP) is 3.69. The molecule has 0 spiro atoms. The normalized spacial score (nSPS) is 21.8. The van der Waals surface area contributed by atoms with Gasteiger partial charge in [0.15, 0.2) is 0 Å². The van der Waals surface area contributed by atoms with Crippen molar-refractivity contribution in [2.24, 2.45) is 0 Å². The molecule has 1 fully saturated rings. The fourth-order valence-corrected chi connectivity index (χ4v) is 2.74. The summed E-state index contributed by atoms with van der Waals surface area (Å²) in [4.78, 5) is 0. The molecule has 1 saturated heterocycles. The van der Waals surface area contributed by atoms with Crippen LogP contribution in [0.4, 0.5) is 0 Å². The number of hydrogen-bond acceptors (Lipinski definition) is 2. The molecule has 2 unspecified atom stereocenters. The van der Waals surface area contributed by atoms with E-state index in [0.717, 1.165) is 19.4 Å². The number of hydrogen-bond donors (Lipinski definition) is 1. The molecule has 2 atom stereocenters. The average Bonchev–Trinajstić information content (AvgIpc) is 2.41. The average molecular weight is 288 g/mol. The van der Waals surface area contributed by atoms with Gasteiger partial charge in [0.25, 0.3) is 0 Å². The van der Waals surface area contributed by atoms with E-state index in [9.17, 15) is 0 Å². The first kappa shape index (κ1) is 14.1. The second kappa shape index (κ2) is 6.76. The minimum atomic E-state index is 0.304. The van der Waals surface area contributed by atoms with Crippen molar-refractivity contribution in [3.8, 4) is 0 Å². The maximum absolute atomic E-state index is 6.04. The van der Waals surface area contributed by atoms with Crippen LogP contribution in [0, 0.1) is 0 Å². The Kier molecular flexibility index (Phi) is 5.31. The molecule has 1 aromatic carbocycles. The smallest absolute Gasteiger partial charge is 0.0731 e. The van der Waals surface area contributed by atoms with E-state index < -0.39 is 0 Å². The zero-order valence-electron chi connectivity index (χ0n) is 10.6. The molecule has 2 nitrogen and oxygen atoms in total. The van der Waals surface area contributed by atoms with Crippen molar-refractivity contribution in [1.82, 2.24) is 5.32 Å². The van der Waals surface area contributed by atoms with E-state index in [1.54, 1.807) is 0 Å². The molecule has 1 N–H and O–H groups in total. The van der Waals surface area contributed by atoms with Gasteiger partial charge in [-0.25, -0.2) is 0 Å². The Bertz CT molecular complexity index is 391. The molecule has 0 aromatic heterocycles. The molecule has 0 saturated carbocycles. The first-order valence-corrected chi connectivity index (χ1v) is 7.19. The van der Waals surface area contributed by atoms with E-state index in [0.29, 0.717) is 22.2 Å². The summed E-state index contributed by atoms with van der Waals surface area (Å²) >= 11 is 12.0. The summed E-state index contributed by atoms with van der Waals surface area (Å²) in [5.74, 6) is 0. The number of rotatable bonds is 4. The van der Waals surface area contributed by atoms with Crippen molar-refractivity contribution in [1.29, 1.82) is 0 Å². The summed E-state index contributed by atoms with van der Waals surface area (Å²) in [5.41, 5.74) is 1.19. The van der Waals surface area contributed by atoms with Gasteiger partial charge in [0, 0.05) is 12.6 Å². The first-order chi connectivity index (χ1) is 8.70. The first-order valence-electron chi connectivity index (χ1n) is 6.43. The molecule has 0 radical (unpaired) electrons. The Labute approximate surface area is 119 Å². The van der Waals surface area contributed by atoms with E-state index in [1.807, 2.05) is 25.2 Å². The second-order valence-electron chi connectivity index (χ2n) is 4.75. The minimum Gasteiger partial charge on any atom is -0.377 e. The summed E-state index contributed by atoms with van der Waals surface area (Å²) in [6.07, 6.45) is 4.78. The van der Waals surface area contributed by atoms with Crippen LogP contribution in [-0.4, -0.2) is 25.8 Å². The molecule has 18 heavy (non-hydrogen) atoms. The maximum Gasteiger partial charge on any atom is 0.0731 e. The monoisotopic (exact) mass is 287 g/mol. The molecule has 1 aliphatic rings. The molecule has 100 valence electrons. The number of ether oxygens (including phenoxy) is 1. The summed E-state index contributed by atoms with van der Waals surface area (Å²) in [5, 5.41) is 4.58. The van der Waals surface area contributed by atoms with Crippen LogP contribution in [0.3, 0.4) is 0 Å². The zero-order valence-corrected chi connectivity index (χ0v) is 12.1. The van der Waals surface area contributed by atoms with E-state index in [-0.39, 0.29) is 0 Å². The van der Waals surface area contributed by atoms with Gasteiger partial charge in [-0.05, 0) is 50.4 Å². The van der Waals surface area contributed by atoms with E-state index in [1.165, 1.54) is 18.4 Å². The summed E-state index contributed by atoms with van der Waals surface area (Å²) < 4.78 is 5.84. The van der Waals surface area contributed by atoms with Crippen molar-refractivity contribution in [2.45, 2.75) is 37.8 Å². The number of halogens is 2. The topological polar surface area (TPSA) is 21.3 Å². The molecular weight excluding hydrogens is 269 g/mol. The minimum absolute atomic E-state index is 0.304. The Morgan fingerprint density at radius 1 is 1.33 bits per heavy atom. The Morgan fingerprint density at radius 3 is 2.78 bits per heavy atom. The lowest BCUT2D eigenvalue weighted by Gasteiger charge is -2.30. The van der Waals surface area contributed by atoms with Crippen molar-refractivity contribution in [3.63, 3.8) is 0 Å². The van der Waals surface area contributed by atoms with Gasteiger partial charge in [-0.1, -0.05) is 29.3 Å². The van der Waals surface area contributed by atoms with Crippen molar-refractivity contribution < 1.29 is 4.74 Å². The van der Waals surface area contributed by atoms with Gasteiger partial charge < -0.3 is 10.1 Å². The highest BCUT2D eigenvalue weighted by molar-refractivity contribution is 6.42. The van der Waals surface area contributed by atoms with Gasteiger partial charge in [0.1, 0.15) is 0 Å². The third-order valence-corrected chi connectivity index (χ3v) is 4.21. The molecule has 0 amide bonds. The molecule has 2 rings (SSSR count). The highest BCUT2D eigenvalue weighted by Crippen LogP contribution is 2.24. The Hall–Kier alpha value is -0.280.